The number of hydrogen-bond acceptors (Lipinski definition) is 9. The van der Waals surface area contributed by atoms with Crippen molar-refractivity contribution in [2.75, 3.05) is 37.0 Å². The van der Waals surface area contributed by atoms with Crippen LogP contribution in [-0.4, -0.2) is 58.9 Å². The first-order valence-electron chi connectivity index (χ1n) is 10.6. The number of aromatic nitrogens is 4. The van der Waals surface area contributed by atoms with Crippen LogP contribution in [0.15, 0.2) is 23.4 Å². The fraction of sp³-hybridized carbons (Fsp3) is 0.550. The summed E-state index contributed by atoms with van der Waals surface area (Å²) in [5.74, 6) is 1.03. The van der Waals surface area contributed by atoms with Gasteiger partial charge in [0.15, 0.2) is 5.75 Å². The predicted molar refractivity (Wildman–Crippen MR) is 115 cm³/mol. The topological polar surface area (TPSA) is 134 Å². The third kappa shape index (κ3) is 6.79. The first-order valence-corrected chi connectivity index (χ1v) is 10.6. The van der Waals surface area contributed by atoms with E-state index in [-0.39, 0.29) is 24.9 Å². The minimum atomic E-state index is -4.84. The zero-order chi connectivity index (χ0) is 24.7. The molecule has 1 saturated heterocycles. The van der Waals surface area contributed by atoms with Crippen LogP contribution in [0.3, 0.4) is 0 Å². The van der Waals surface area contributed by atoms with Crippen LogP contribution in [0.5, 0.6) is 5.75 Å². The Kier molecular flexibility index (Phi) is 8.26. The van der Waals surface area contributed by atoms with E-state index in [0.717, 1.165) is 19.0 Å². The summed E-state index contributed by atoms with van der Waals surface area (Å²) in [5.41, 5.74) is -0.859. The number of carbonyl (C=O) groups is 1. The van der Waals surface area contributed by atoms with E-state index in [2.05, 4.69) is 25.9 Å². The van der Waals surface area contributed by atoms with E-state index >= 15 is 0 Å². The van der Waals surface area contributed by atoms with Gasteiger partial charge >= 0.3 is 6.18 Å². The van der Waals surface area contributed by atoms with Crippen molar-refractivity contribution in [3.63, 3.8) is 0 Å². The monoisotopic (exact) mass is 485 g/mol. The van der Waals surface area contributed by atoms with Crippen LogP contribution < -0.4 is 26.0 Å². The molecule has 1 fully saturated rings. The average molecular weight is 485 g/mol. The second-order valence-electron chi connectivity index (χ2n) is 7.92. The van der Waals surface area contributed by atoms with Gasteiger partial charge in [-0.25, -0.2) is 20.5 Å². The number of amides is 1. The highest BCUT2D eigenvalue weighted by atomic mass is 19.4. The van der Waals surface area contributed by atoms with Gasteiger partial charge in [-0.05, 0) is 25.7 Å². The van der Waals surface area contributed by atoms with Crippen molar-refractivity contribution in [2.24, 2.45) is 5.92 Å². The van der Waals surface area contributed by atoms with Gasteiger partial charge in [-0.2, -0.15) is 18.3 Å². The quantitative estimate of drug-likeness (QED) is 0.454. The SMILES string of the molecule is COc1cnc(N2CCC(CC(=O)NOC[C@H](C)Nc3cn[nH]c(=O)c3C(F)(F)F)CC2)nc1. The lowest BCUT2D eigenvalue weighted by Crippen LogP contribution is -2.37. The third-order valence-electron chi connectivity index (χ3n) is 5.28. The van der Waals surface area contributed by atoms with Gasteiger partial charge in [0.1, 0.15) is 5.56 Å². The summed E-state index contributed by atoms with van der Waals surface area (Å²) in [6.45, 7) is 2.84. The van der Waals surface area contributed by atoms with Crippen molar-refractivity contribution in [1.29, 1.82) is 0 Å². The number of nitrogens with zero attached hydrogens (tertiary/aromatic N) is 4. The number of carbonyl (C=O) groups excluding carboxylic acids is 1. The second-order valence-corrected chi connectivity index (χ2v) is 7.92. The van der Waals surface area contributed by atoms with E-state index < -0.39 is 29.0 Å². The van der Waals surface area contributed by atoms with Crippen molar-refractivity contribution in [1.82, 2.24) is 25.6 Å². The molecular weight excluding hydrogens is 459 g/mol. The van der Waals surface area contributed by atoms with Gasteiger partial charge in [0.2, 0.25) is 11.9 Å². The number of ether oxygens (including phenoxy) is 1. The number of hydrogen-bond donors (Lipinski definition) is 3. The molecule has 186 valence electrons. The molecule has 0 radical (unpaired) electrons. The van der Waals surface area contributed by atoms with Crippen molar-refractivity contribution in [3.05, 3.63) is 34.5 Å². The van der Waals surface area contributed by atoms with E-state index in [1.165, 1.54) is 0 Å². The smallest absolute Gasteiger partial charge is 0.423 e. The molecule has 1 aliphatic rings. The fourth-order valence-corrected chi connectivity index (χ4v) is 3.56. The minimum Gasteiger partial charge on any atom is -0.494 e. The number of H-pyrrole nitrogens is 1. The summed E-state index contributed by atoms with van der Waals surface area (Å²) in [7, 11) is 1.54. The molecule has 0 spiro atoms. The maximum Gasteiger partial charge on any atom is 0.423 e. The summed E-state index contributed by atoms with van der Waals surface area (Å²) in [6, 6.07) is -0.641. The van der Waals surface area contributed by atoms with Gasteiger partial charge in [0, 0.05) is 25.6 Å². The van der Waals surface area contributed by atoms with Crippen LogP contribution in [0.25, 0.3) is 0 Å². The molecule has 0 unspecified atom stereocenters. The molecule has 3 heterocycles. The lowest BCUT2D eigenvalue weighted by Gasteiger charge is -2.31. The number of halogens is 3. The number of anilines is 2. The van der Waals surface area contributed by atoms with Gasteiger partial charge in [0.25, 0.3) is 5.56 Å². The van der Waals surface area contributed by atoms with Crippen LogP contribution >= 0.6 is 0 Å². The van der Waals surface area contributed by atoms with E-state index in [9.17, 15) is 22.8 Å². The number of methoxy groups -OCH3 is 1. The molecule has 1 atom stereocenters. The van der Waals surface area contributed by atoms with Crippen LogP contribution in [0, 0.1) is 5.92 Å². The van der Waals surface area contributed by atoms with Crippen LogP contribution in [0.2, 0.25) is 0 Å². The molecule has 0 saturated carbocycles. The van der Waals surface area contributed by atoms with Crippen LogP contribution in [0.4, 0.5) is 24.8 Å². The Hall–Kier alpha value is -3.42. The summed E-state index contributed by atoms with van der Waals surface area (Å²) in [4.78, 5) is 39.4. The zero-order valence-electron chi connectivity index (χ0n) is 18.7. The third-order valence-corrected chi connectivity index (χ3v) is 5.28. The van der Waals surface area contributed by atoms with E-state index in [0.29, 0.717) is 24.8 Å². The van der Waals surface area contributed by atoms with E-state index in [4.69, 9.17) is 9.57 Å². The molecular formula is C20H26F3N7O4. The lowest BCUT2D eigenvalue weighted by molar-refractivity contribution is -0.138. The molecule has 14 heteroatoms. The molecule has 34 heavy (non-hydrogen) atoms. The first-order chi connectivity index (χ1) is 16.2. The Morgan fingerprint density at radius 2 is 1.94 bits per heavy atom. The molecule has 0 bridgehead atoms. The maximum atomic E-state index is 13.1. The molecule has 0 aromatic carbocycles. The van der Waals surface area contributed by atoms with Gasteiger partial charge in [-0.3, -0.25) is 14.4 Å². The Balaban J connectivity index is 1.39. The Bertz CT molecular complexity index is 1010. The van der Waals surface area contributed by atoms with Crippen molar-refractivity contribution < 1.29 is 27.5 Å². The molecule has 2 aromatic rings. The van der Waals surface area contributed by atoms with Crippen molar-refractivity contribution in [2.45, 2.75) is 38.4 Å². The largest absolute Gasteiger partial charge is 0.494 e. The highest BCUT2D eigenvalue weighted by molar-refractivity contribution is 5.75. The van der Waals surface area contributed by atoms with Crippen LogP contribution in [0.1, 0.15) is 31.7 Å². The van der Waals surface area contributed by atoms with Crippen molar-refractivity contribution >= 4 is 17.5 Å². The zero-order valence-corrected chi connectivity index (χ0v) is 18.7. The molecule has 1 amide bonds. The number of rotatable bonds is 9. The number of nitrogens with one attached hydrogen (secondary N) is 3. The van der Waals surface area contributed by atoms with Gasteiger partial charge in [-0.1, -0.05) is 0 Å². The van der Waals surface area contributed by atoms with Gasteiger partial charge in [-0.15, -0.1) is 0 Å². The number of alkyl halides is 3. The van der Waals surface area contributed by atoms with Crippen molar-refractivity contribution in [3.8, 4) is 5.75 Å². The Labute approximate surface area is 193 Å². The Morgan fingerprint density at radius 3 is 2.56 bits per heavy atom. The van der Waals surface area contributed by atoms with Gasteiger partial charge in [0.05, 0.1) is 38.0 Å². The fourth-order valence-electron chi connectivity index (χ4n) is 3.56. The minimum absolute atomic E-state index is 0.122. The Morgan fingerprint density at radius 1 is 1.26 bits per heavy atom. The lowest BCUT2D eigenvalue weighted by atomic mass is 9.93. The molecule has 0 aliphatic carbocycles. The standard InChI is InChI=1S/C20H26F3N7O4/c1-12(27-15-10-26-28-18(32)17(15)20(21,22)23)11-34-29-16(31)7-13-3-5-30(6-4-13)19-24-8-14(33-2)9-25-19/h8-10,12-13H,3-7,11H2,1-2H3,(H,29,31)(H2,27,28,32)/t12-/m0/s1. The predicted octanol–water partition coefficient (Wildman–Crippen LogP) is 1.74. The summed E-state index contributed by atoms with van der Waals surface area (Å²) in [5, 5.41) is 7.69. The number of hydroxylamine groups is 1. The maximum absolute atomic E-state index is 13.1. The summed E-state index contributed by atoms with van der Waals surface area (Å²) >= 11 is 0. The molecule has 2 aromatic heterocycles. The number of piperidine rings is 1. The average Bonchev–Trinajstić information content (AvgIpc) is 2.79. The second kappa shape index (κ2) is 11.1. The van der Waals surface area contributed by atoms with E-state index in [1.807, 2.05) is 4.90 Å². The van der Waals surface area contributed by atoms with Crippen LogP contribution in [-0.2, 0) is 15.8 Å². The molecule has 1 aliphatic heterocycles. The number of aromatic amines is 1. The molecule has 3 rings (SSSR count). The summed E-state index contributed by atoms with van der Waals surface area (Å²) < 4.78 is 44.4. The van der Waals surface area contributed by atoms with Gasteiger partial charge < -0.3 is 15.0 Å². The molecule has 11 nitrogen and oxygen atoms in total. The molecule has 3 N–H and O–H groups in total. The van der Waals surface area contributed by atoms with E-state index in [1.54, 1.807) is 31.5 Å². The highest BCUT2D eigenvalue weighted by Gasteiger charge is 2.37. The first kappa shape index (κ1) is 25.2. The normalized spacial score (nSPS) is 15.6. The summed E-state index contributed by atoms with van der Waals surface area (Å²) in [6.07, 6.45) is 1.05. The highest BCUT2D eigenvalue weighted by Crippen LogP contribution is 2.31.